The van der Waals surface area contributed by atoms with E-state index in [0.717, 1.165) is 32.8 Å². The summed E-state index contributed by atoms with van der Waals surface area (Å²) in [6.45, 7) is 6.00. The molecule has 0 spiro atoms. The maximum atomic E-state index is 12.5. The summed E-state index contributed by atoms with van der Waals surface area (Å²) in [5.41, 5.74) is 2.10. The van der Waals surface area contributed by atoms with Crippen LogP contribution in [0, 0.1) is 0 Å². The number of hydrogen-bond donors (Lipinski definition) is 3. The van der Waals surface area contributed by atoms with Gasteiger partial charge in [-0.05, 0) is 42.5 Å². The normalized spacial score (nSPS) is 14.0. The van der Waals surface area contributed by atoms with Crippen LogP contribution in [0.3, 0.4) is 0 Å². The van der Waals surface area contributed by atoms with Crippen molar-refractivity contribution < 1.29 is 19.1 Å². The Morgan fingerprint density at radius 3 is 2.13 bits per heavy atom. The smallest absolute Gasteiger partial charge is 0.255 e. The second kappa shape index (κ2) is 10.5. The molecule has 0 bridgehead atoms. The third-order valence-electron chi connectivity index (χ3n) is 4.67. The van der Waals surface area contributed by atoms with E-state index in [1.54, 1.807) is 48.5 Å². The summed E-state index contributed by atoms with van der Waals surface area (Å²) < 4.78 is 5.31. The monoisotopic (exact) mass is 410 g/mol. The lowest BCUT2D eigenvalue weighted by Gasteiger charge is -2.26. The van der Waals surface area contributed by atoms with E-state index in [4.69, 9.17) is 4.74 Å². The van der Waals surface area contributed by atoms with Gasteiger partial charge in [0.25, 0.3) is 11.8 Å². The highest BCUT2D eigenvalue weighted by Gasteiger charge is 2.12. The van der Waals surface area contributed by atoms with Crippen LogP contribution in [0.4, 0.5) is 11.4 Å². The van der Waals surface area contributed by atoms with Gasteiger partial charge in [-0.2, -0.15) is 0 Å². The summed E-state index contributed by atoms with van der Waals surface area (Å²) in [5, 5.41) is 8.36. The van der Waals surface area contributed by atoms with E-state index in [1.165, 1.54) is 6.92 Å². The summed E-state index contributed by atoms with van der Waals surface area (Å²) in [5.74, 6) is -0.648. The SMILES string of the molecule is CC(=O)Nc1cccc(NC(=O)c2ccc(C(=O)NCCN3CCOCC3)cc2)c1. The van der Waals surface area contributed by atoms with Crippen molar-refractivity contribution >= 4 is 29.1 Å². The number of carbonyl (C=O) groups excluding carboxylic acids is 3. The molecule has 1 aliphatic heterocycles. The lowest BCUT2D eigenvalue weighted by atomic mass is 10.1. The number of rotatable bonds is 7. The molecule has 30 heavy (non-hydrogen) atoms. The summed E-state index contributed by atoms with van der Waals surface area (Å²) in [7, 11) is 0. The van der Waals surface area contributed by atoms with E-state index < -0.39 is 0 Å². The number of nitrogens with one attached hydrogen (secondary N) is 3. The Balaban J connectivity index is 1.51. The van der Waals surface area contributed by atoms with Gasteiger partial charge in [0, 0.05) is 55.6 Å². The number of benzene rings is 2. The summed E-state index contributed by atoms with van der Waals surface area (Å²) in [4.78, 5) is 38.2. The first kappa shape index (κ1) is 21.5. The minimum absolute atomic E-state index is 0.168. The molecular weight excluding hydrogens is 384 g/mol. The second-order valence-electron chi connectivity index (χ2n) is 7.00. The topological polar surface area (TPSA) is 99.8 Å². The van der Waals surface area contributed by atoms with Crippen LogP contribution in [0.2, 0.25) is 0 Å². The average Bonchev–Trinajstić information content (AvgIpc) is 2.74. The molecule has 0 saturated carbocycles. The van der Waals surface area contributed by atoms with Crippen LogP contribution in [0.1, 0.15) is 27.6 Å². The van der Waals surface area contributed by atoms with E-state index in [0.29, 0.717) is 29.0 Å². The number of carbonyl (C=O) groups is 3. The first-order valence-electron chi connectivity index (χ1n) is 9.88. The van der Waals surface area contributed by atoms with Crippen molar-refractivity contribution in [1.29, 1.82) is 0 Å². The largest absolute Gasteiger partial charge is 0.379 e. The molecule has 8 heteroatoms. The summed E-state index contributed by atoms with van der Waals surface area (Å²) in [6.07, 6.45) is 0. The molecule has 1 saturated heterocycles. The van der Waals surface area contributed by atoms with Crippen molar-refractivity contribution in [3.05, 3.63) is 59.7 Å². The summed E-state index contributed by atoms with van der Waals surface area (Å²) in [6, 6.07) is 13.4. The zero-order valence-corrected chi connectivity index (χ0v) is 16.9. The molecule has 1 heterocycles. The minimum Gasteiger partial charge on any atom is -0.379 e. The lowest BCUT2D eigenvalue weighted by Crippen LogP contribution is -2.41. The Hall–Kier alpha value is -3.23. The molecule has 158 valence electrons. The van der Waals surface area contributed by atoms with Crippen LogP contribution in [-0.4, -0.2) is 62.0 Å². The van der Waals surface area contributed by atoms with Gasteiger partial charge in [-0.3, -0.25) is 19.3 Å². The zero-order chi connectivity index (χ0) is 21.3. The quantitative estimate of drug-likeness (QED) is 0.648. The van der Waals surface area contributed by atoms with Gasteiger partial charge in [0.1, 0.15) is 0 Å². The fourth-order valence-electron chi connectivity index (χ4n) is 3.11. The molecule has 1 aliphatic rings. The molecule has 0 radical (unpaired) electrons. The van der Waals surface area contributed by atoms with Gasteiger partial charge in [-0.25, -0.2) is 0 Å². The number of ether oxygens (including phenoxy) is 1. The van der Waals surface area contributed by atoms with Gasteiger partial charge >= 0.3 is 0 Å². The predicted molar refractivity (Wildman–Crippen MR) is 115 cm³/mol. The number of hydrogen-bond acceptors (Lipinski definition) is 5. The fourth-order valence-corrected chi connectivity index (χ4v) is 3.11. The Labute approximate surface area is 175 Å². The molecule has 3 N–H and O–H groups in total. The van der Waals surface area contributed by atoms with Gasteiger partial charge in [-0.15, -0.1) is 0 Å². The highest BCUT2D eigenvalue weighted by atomic mass is 16.5. The second-order valence-corrected chi connectivity index (χ2v) is 7.00. The van der Waals surface area contributed by atoms with Crippen LogP contribution < -0.4 is 16.0 Å². The minimum atomic E-state index is -0.297. The zero-order valence-electron chi connectivity index (χ0n) is 16.9. The maximum absolute atomic E-state index is 12.5. The number of morpholine rings is 1. The van der Waals surface area contributed by atoms with Crippen LogP contribution in [0.5, 0.6) is 0 Å². The number of nitrogens with zero attached hydrogens (tertiary/aromatic N) is 1. The van der Waals surface area contributed by atoms with E-state index in [1.807, 2.05) is 0 Å². The van der Waals surface area contributed by atoms with Gasteiger partial charge in [0.05, 0.1) is 13.2 Å². The lowest BCUT2D eigenvalue weighted by molar-refractivity contribution is -0.114. The van der Waals surface area contributed by atoms with E-state index in [-0.39, 0.29) is 17.7 Å². The Morgan fingerprint density at radius 2 is 1.50 bits per heavy atom. The molecule has 0 atom stereocenters. The molecule has 8 nitrogen and oxygen atoms in total. The standard InChI is InChI=1S/C22H26N4O4/c1-16(27)24-19-3-2-4-20(15-19)25-22(29)18-7-5-17(6-8-18)21(28)23-9-10-26-11-13-30-14-12-26/h2-8,15H,9-14H2,1H3,(H,23,28)(H,24,27)(H,25,29). The van der Waals surface area contributed by atoms with E-state index >= 15 is 0 Å². The van der Waals surface area contributed by atoms with E-state index in [2.05, 4.69) is 20.9 Å². The third-order valence-corrected chi connectivity index (χ3v) is 4.67. The van der Waals surface area contributed by atoms with Gasteiger partial charge in [0.2, 0.25) is 5.91 Å². The molecule has 3 amide bonds. The van der Waals surface area contributed by atoms with Crippen molar-refractivity contribution in [3.8, 4) is 0 Å². The molecule has 0 aromatic heterocycles. The highest BCUT2D eigenvalue weighted by molar-refractivity contribution is 6.05. The van der Waals surface area contributed by atoms with Crippen molar-refractivity contribution in [2.24, 2.45) is 0 Å². The van der Waals surface area contributed by atoms with E-state index in [9.17, 15) is 14.4 Å². The Kier molecular flexibility index (Phi) is 7.53. The first-order chi connectivity index (χ1) is 14.5. The van der Waals surface area contributed by atoms with Crippen LogP contribution >= 0.6 is 0 Å². The van der Waals surface area contributed by atoms with Crippen LogP contribution in [0.15, 0.2) is 48.5 Å². The molecule has 3 rings (SSSR count). The van der Waals surface area contributed by atoms with Crippen molar-refractivity contribution in [2.75, 3.05) is 50.0 Å². The third kappa shape index (κ3) is 6.40. The molecule has 2 aromatic rings. The van der Waals surface area contributed by atoms with Gasteiger partial charge in [0.15, 0.2) is 0 Å². The van der Waals surface area contributed by atoms with Crippen LogP contribution in [-0.2, 0) is 9.53 Å². The number of amides is 3. The fraction of sp³-hybridized carbons (Fsp3) is 0.318. The van der Waals surface area contributed by atoms with Gasteiger partial charge < -0.3 is 20.7 Å². The maximum Gasteiger partial charge on any atom is 0.255 e. The highest BCUT2D eigenvalue weighted by Crippen LogP contribution is 2.16. The van der Waals surface area contributed by atoms with Gasteiger partial charge in [-0.1, -0.05) is 6.07 Å². The summed E-state index contributed by atoms with van der Waals surface area (Å²) >= 11 is 0. The molecule has 2 aromatic carbocycles. The molecule has 1 fully saturated rings. The molecule has 0 aliphatic carbocycles. The Morgan fingerprint density at radius 1 is 0.900 bits per heavy atom. The Bertz CT molecular complexity index is 892. The molecule has 0 unspecified atom stereocenters. The van der Waals surface area contributed by atoms with Crippen molar-refractivity contribution in [2.45, 2.75) is 6.92 Å². The predicted octanol–water partition coefficient (Wildman–Crippen LogP) is 1.96. The average molecular weight is 410 g/mol. The number of anilines is 2. The van der Waals surface area contributed by atoms with Crippen LogP contribution in [0.25, 0.3) is 0 Å². The molecular formula is C22H26N4O4. The van der Waals surface area contributed by atoms with Crippen molar-refractivity contribution in [1.82, 2.24) is 10.2 Å². The first-order valence-corrected chi connectivity index (χ1v) is 9.88. The van der Waals surface area contributed by atoms with Crippen molar-refractivity contribution in [3.63, 3.8) is 0 Å².